The second kappa shape index (κ2) is 5.63. The number of rotatable bonds is 4. The van der Waals surface area contributed by atoms with Crippen molar-refractivity contribution in [2.24, 2.45) is 5.92 Å². The van der Waals surface area contributed by atoms with Crippen molar-refractivity contribution < 1.29 is 0 Å². The fourth-order valence-corrected chi connectivity index (χ4v) is 4.02. The van der Waals surface area contributed by atoms with Gasteiger partial charge in [0.2, 0.25) is 0 Å². The molecule has 1 saturated carbocycles. The zero-order valence-corrected chi connectivity index (χ0v) is 12.7. The third-order valence-corrected chi connectivity index (χ3v) is 5.24. The van der Waals surface area contributed by atoms with E-state index in [0.717, 1.165) is 17.4 Å². The molecule has 104 valence electrons. The summed E-state index contributed by atoms with van der Waals surface area (Å²) >= 11 is 1.71. The summed E-state index contributed by atoms with van der Waals surface area (Å²) in [6.45, 7) is 5.39. The van der Waals surface area contributed by atoms with Gasteiger partial charge in [-0.25, -0.2) is 4.98 Å². The van der Waals surface area contributed by atoms with E-state index in [9.17, 15) is 0 Å². The summed E-state index contributed by atoms with van der Waals surface area (Å²) in [5.74, 6) is 0.930. The van der Waals surface area contributed by atoms with E-state index >= 15 is 0 Å². The molecule has 2 aromatic heterocycles. The molecule has 19 heavy (non-hydrogen) atoms. The van der Waals surface area contributed by atoms with Gasteiger partial charge >= 0.3 is 0 Å². The maximum absolute atomic E-state index is 4.61. The first-order valence-corrected chi connectivity index (χ1v) is 8.30. The topological polar surface area (TPSA) is 29.3 Å². The molecule has 3 nitrogen and oxygen atoms in total. The molecule has 1 N–H and O–H groups in total. The highest BCUT2D eigenvalue weighted by atomic mass is 32.1. The van der Waals surface area contributed by atoms with Gasteiger partial charge in [-0.2, -0.15) is 0 Å². The van der Waals surface area contributed by atoms with Gasteiger partial charge in [-0.1, -0.05) is 26.2 Å². The maximum Gasteiger partial charge on any atom is 0.194 e. The summed E-state index contributed by atoms with van der Waals surface area (Å²) in [7, 11) is 0. The van der Waals surface area contributed by atoms with Gasteiger partial charge in [0, 0.05) is 24.2 Å². The van der Waals surface area contributed by atoms with Crippen LogP contribution in [0, 0.1) is 12.8 Å². The van der Waals surface area contributed by atoms with Crippen LogP contribution in [0.1, 0.15) is 50.4 Å². The van der Waals surface area contributed by atoms with Crippen LogP contribution in [0.4, 0.5) is 0 Å². The lowest BCUT2D eigenvalue weighted by Gasteiger charge is -2.29. The van der Waals surface area contributed by atoms with Crippen molar-refractivity contribution in [3.05, 3.63) is 23.0 Å². The number of fused-ring (bicyclic) bond motifs is 1. The van der Waals surface area contributed by atoms with Crippen molar-refractivity contribution in [2.45, 2.75) is 58.5 Å². The van der Waals surface area contributed by atoms with Gasteiger partial charge in [-0.05, 0) is 25.7 Å². The minimum Gasteiger partial charge on any atom is -0.308 e. The number of nitrogens with one attached hydrogen (secondary N) is 1. The molecule has 1 aliphatic carbocycles. The quantitative estimate of drug-likeness (QED) is 0.922. The molecule has 2 atom stereocenters. The normalized spacial score (nSPS) is 24.1. The molecular weight excluding hydrogens is 254 g/mol. The number of aromatic nitrogens is 2. The van der Waals surface area contributed by atoms with Crippen LogP contribution in [0.15, 0.2) is 11.6 Å². The molecule has 0 aliphatic heterocycles. The van der Waals surface area contributed by atoms with Gasteiger partial charge in [0.15, 0.2) is 4.96 Å². The van der Waals surface area contributed by atoms with E-state index in [1.807, 2.05) is 0 Å². The van der Waals surface area contributed by atoms with Crippen molar-refractivity contribution in [3.8, 4) is 0 Å². The number of imidazole rings is 1. The molecule has 0 spiro atoms. The Bertz CT molecular complexity index is 543. The monoisotopic (exact) mass is 277 g/mol. The Morgan fingerprint density at radius 1 is 1.47 bits per heavy atom. The zero-order valence-electron chi connectivity index (χ0n) is 11.9. The Kier molecular flexibility index (Phi) is 3.89. The van der Waals surface area contributed by atoms with Gasteiger partial charge in [-0.15, -0.1) is 11.3 Å². The van der Waals surface area contributed by atoms with Gasteiger partial charge < -0.3 is 5.32 Å². The number of aryl methyl sites for hydroxylation is 1. The van der Waals surface area contributed by atoms with Crippen LogP contribution in [0.3, 0.4) is 0 Å². The number of hydrogen-bond acceptors (Lipinski definition) is 3. The molecule has 4 heteroatoms. The Balaban J connectivity index is 1.65. The molecule has 2 unspecified atom stereocenters. The molecule has 0 radical (unpaired) electrons. The van der Waals surface area contributed by atoms with Crippen LogP contribution in [-0.4, -0.2) is 15.4 Å². The lowest BCUT2D eigenvalue weighted by molar-refractivity contribution is 0.277. The summed E-state index contributed by atoms with van der Waals surface area (Å²) in [5.41, 5.74) is 2.50. The fourth-order valence-electron chi connectivity index (χ4n) is 3.24. The molecule has 0 aromatic carbocycles. The summed E-state index contributed by atoms with van der Waals surface area (Å²) in [6, 6.07) is 0.697. The molecule has 0 bridgehead atoms. The standard InChI is InChI=1S/C15H23N3S/c1-3-12-5-4-6-13(9-12)16-10-14-11(2)17-15-18(14)7-8-19-15/h7-8,12-13,16H,3-6,9-10H2,1-2H3. The Morgan fingerprint density at radius 2 is 2.37 bits per heavy atom. The number of hydrogen-bond donors (Lipinski definition) is 1. The lowest BCUT2D eigenvalue weighted by atomic mass is 9.84. The van der Waals surface area contributed by atoms with Gasteiger partial charge in [-0.3, -0.25) is 4.40 Å². The molecule has 0 amide bonds. The SMILES string of the molecule is CCC1CCCC(NCc2c(C)nc3sccn23)C1. The van der Waals surface area contributed by atoms with Crippen LogP contribution in [0.25, 0.3) is 4.96 Å². The second-order valence-corrected chi connectivity index (χ2v) is 6.59. The highest BCUT2D eigenvalue weighted by Gasteiger charge is 2.21. The minimum atomic E-state index is 0.697. The molecule has 2 heterocycles. The summed E-state index contributed by atoms with van der Waals surface area (Å²) in [6.07, 6.45) is 8.96. The van der Waals surface area contributed by atoms with Crippen LogP contribution in [0.2, 0.25) is 0 Å². The van der Waals surface area contributed by atoms with E-state index in [0.29, 0.717) is 6.04 Å². The van der Waals surface area contributed by atoms with Gasteiger partial charge in [0.1, 0.15) is 0 Å². The largest absolute Gasteiger partial charge is 0.308 e. The molecule has 3 rings (SSSR count). The predicted octanol–water partition coefficient (Wildman–Crippen LogP) is 3.76. The molecular formula is C15H23N3S. The minimum absolute atomic E-state index is 0.697. The van der Waals surface area contributed by atoms with Crippen molar-refractivity contribution in [3.63, 3.8) is 0 Å². The van der Waals surface area contributed by atoms with E-state index in [4.69, 9.17) is 0 Å². The third kappa shape index (κ3) is 2.70. The summed E-state index contributed by atoms with van der Waals surface area (Å²) in [4.78, 5) is 5.72. The van der Waals surface area contributed by atoms with Crippen molar-refractivity contribution in [2.75, 3.05) is 0 Å². The van der Waals surface area contributed by atoms with E-state index in [-0.39, 0.29) is 0 Å². The lowest BCUT2D eigenvalue weighted by Crippen LogP contribution is -2.34. The zero-order chi connectivity index (χ0) is 13.2. The van der Waals surface area contributed by atoms with E-state index in [2.05, 4.69) is 40.1 Å². The Labute approximate surface area is 119 Å². The van der Waals surface area contributed by atoms with Crippen LogP contribution in [-0.2, 0) is 6.54 Å². The van der Waals surface area contributed by atoms with E-state index < -0.39 is 0 Å². The highest BCUT2D eigenvalue weighted by molar-refractivity contribution is 7.15. The highest BCUT2D eigenvalue weighted by Crippen LogP contribution is 2.27. The Morgan fingerprint density at radius 3 is 3.21 bits per heavy atom. The average Bonchev–Trinajstić information content (AvgIpc) is 2.97. The van der Waals surface area contributed by atoms with Crippen molar-refractivity contribution in [1.82, 2.24) is 14.7 Å². The summed E-state index contributed by atoms with van der Waals surface area (Å²) < 4.78 is 2.23. The second-order valence-electron chi connectivity index (χ2n) is 5.72. The van der Waals surface area contributed by atoms with Crippen molar-refractivity contribution >= 4 is 16.3 Å². The number of nitrogens with zero attached hydrogens (tertiary/aromatic N) is 2. The molecule has 2 aromatic rings. The van der Waals surface area contributed by atoms with E-state index in [1.165, 1.54) is 43.5 Å². The van der Waals surface area contributed by atoms with Gasteiger partial charge in [0.05, 0.1) is 11.4 Å². The fraction of sp³-hybridized carbons (Fsp3) is 0.667. The molecule has 0 saturated heterocycles. The Hall–Kier alpha value is -0.870. The molecule has 1 fully saturated rings. The van der Waals surface area contributed by atoms with E-state index in [1.54, 1.807) is 11.3 Å². The average molecular weight is 277 g/mol. The first-order valence-electron chi connectivity index (χ1n) is 7.42. The smallest absolute Gasteiger partial charge is 0.194 e. The van der Waals surface area contributed by atoms with Crippen LogP contribution in [0.5, 0.6) is 0 Å². The maximum atomic E-state index is 4.61. The predicted molar refractivity (Wildman–Crippen MR) is 80.7 cm³/mol. The first kappa shape index (κ1) is 13.1. The van der Waals surface area contributed by atoms with Crippen LogP contribution >= 0.6 is 11.3 Å². The number of thiazole rings is 1. The van der Waals surface area contributed by atoms with Gasteiger partial charge in [0.25, 0.3) is 0 Å². The van der Waals surface area contributed by atoms with Crippen molar-refractivity contribution in [1.29, 1.82) is 0 Å². The third-order valence-electron chi connectivity index (χ3n) is 4.48. The molecule has 1 aliphatic rings. The first-order chi connectivity index (χ1) is 9.28. The van der Waals surface area contributed by atoms with Crippen LogP contribution < -0.4 is 5.32 Å². The summed E-state index contributed by atoms with van der Waals surface area (Å²) in [5, 5.41) is 5.86.